The Bertz CT molecular complexity index is 906. The van der Waals surface area contributed by atoms with Gasteiger partial charge in [0.2, 0.25) is 0 Å². The zero-order valence-electron chi connectivity index (χ0n) is 12.5. The molecule has 0 radical (unpaired) electrons. The third-order valence-corrected chi connectivity index (χ3v) is 4.44. The molecule has 23 heavy (non-hydrogen) atoms. The first-order valence-electron chi connectivity index (χ1n) is 7.38. The zero-order valence-corrected chi connectivity index (χ0v) is 13.2. The highest BCUT2D eigenvalue weighted by Crippen LogP contribution is 2.29. The van der Waals surface area contributed by atoms with E-state index in [4.69, 9.17) is 11.6 Å². The third kappa shape index (κ3) is 2.35. The van der Waals surface area contributed by atoms with E-state index < -0.39 is 0 Å². The highest BCUT2D eigenvalue weighted by molar-refractivity contribution is 6.30. The van der Waals surface area contributed by atoms with Crippen molar-refractivity contribution < 1.29 is 4.79 Å². The maximum Gasteiger partial charge on any atom is 0.274 e. The minimum Gasteiger partial charge on any atom is -0.330 e. The van der Waals surface area contributed by atoms with Gasteiger partial charge in [0.25, 0.3) is 5.91 Å². The number of hydrogen-bond acceptors (Lipinski definition) is 4. The van der Waals surface area contributed by atoms with Crippen molar-refractivity contribution >= 4 is 23.2 Å². The van der Waals surface area contributed by atoms with Crippen LogP contribution in [0, 0.1) is 0 Å². The van der Waals surface area contributed by atoms with Crippen LogP contribution in [-0.4, -0.2) is 36.9 Å². The van der Waals surface area contributed by atoms with Crippen LogP contribution in [0.3, 0.4) is 0 Å². The molecule has 3 aromatic heterocycles. The molecule has 0 bridgehead atoms. The molecule has 1 aliphatic rings. The standard InChI is InChI=1S/C16H14ClN5O/c1-10-13-2-4-18-7-11(13)3-5-21(10)16(23)14-6-15-19-8-12(17)9-22(15)20-14/h2,4,6-10H,3,5H2,1H3. The summed E-state index contributed by atoms with van der Waals surface area (Å²) in [6, 6.07) is 3.66. The predicted molar refractivity (Wildman–Crippen MR) is 85.4 cm³/mol. The van der Waals surface area contributed by atoms with Crippen LogP contribution in [0.4, 0.5) is 0 Å². The van der Waals surface area contributed by atoms with E-state index in [1.807, 2.05) is 24.1 Å². The van der Waals surface area contributed by atoms with E-state index in [9.17, 15) is 4.79 Å². The molecule has 0 saturated heterocycles. The molecule has 3 aromatic rings. The molecule has 1 amide bonds. The van der Waals surface area contributed by atoms with Gasteiger partial charge in [0.05, 0.1) is 17.3 Å². The van der Waals surface area contributed by atoms with Crippen molar-refractivity contribution in [3.8, 4) is 0 Å². The molecule has 0 aromatic carbocycles. The van der Waals surface area contributed by atoms with E-state index in [1.165, 1.54) is 10.1 Å². The Balaban J connectivity index is 1.68. The van der Waals surface area contributed by atoms with E-state index in [0.717, 1.165) is 12.0 Å². The van der Waals surface area contributed by atoms with Crippen molar-refractivity contribution in [1.29, 1.82) is 0 Å². The van der Waals surface area contributed by atoms with Crippen molar-refractivity contribution in [2.75, 3.05) is 6.54 Å². The van der Waals surface area contributed by atoms with Gasteiger partial charge >= 0.3 is 0 Å². The monoisotopic (exact) mass is 327 g/mol. The molecule has 0 fully saturated rings. The Morgan fingerprint density at radius 3 is 3.13 bits per heavy atom. The molecule has 1 unspecified atom stereocenters. The molecule has 0 saturated carbocycles. The maximum absolute atomic E-state index is 12.8. The Labute approximate surface area is 137 Å². The number of amides is 1. The summed E-state index contributed by atoms with van der Waals surface area (Å²) in [6.07, 6.45) is 7.63. The SMILES string of the molecule is CC1c2ccncc2CCN1C(=O)c1cc2ncc(Cl)cn2n1. The first-order chi connectivity index (χ1) is 11.1. The van der Waals surface area contributed by atoms with E-state index in [0.29, 0.717) is 22.9 Å². The van der Waals surface area contributed by atoms with Crippen molar-refractivity contribution in [3.63, 3.8) is 0 Å². The number of carbonyl (C=O) groups is 1. The molecule has 0 N–H and O–H groups in total. The molecular weight excluding hydrogens is 314 g/mol. The fourth-order valence-corrected chi connectivity index (χ4v) is 3.18. The van der Waals surface area contributed by atoms with Gasteiger partial charge in [-0.1, -0.05) is 11.6 Å². The Morgan fingerprint density at radius 1 is 1.39 bits per heavy atom. The van der Waals surface area contributed by atoms with Gasteiger partial charge in [-0.2, -0.15) is 5.10 Å². The molecule has 6 nitrogen and oxygen atoms in total. The van der Waals surface area contributed by atoms with Crippen LogP contribution in [0.2, 0.25) is 5.02 Å². The van der Waals surface area contributed by atoms with Gasteiger partial charge in [0.1, 0.15) is 0 Å². The number of aromatic nitrogens is 4. The minimum atomic E-state index is -0.0958. The van der Waals surface area contributed by atoms with Gasteiger partial charge in [-0.25, -0.2) is 9.50 Å². The lowest BCUT2D eigenvalue weighted by Gasteiger charge is -2.34. The number of fused-ring (bicyclic) bond motifs is 2. The van der Waals surface area contributed by atoms with Gasteiger partial charge in [-0.3, -0.25) is 9.78 Å². The van der Waals surface area contributed by atoms with Crippen LogP contribution in [0.25, 0.3) is 5.65 Å². The second-order valence-corrected chi connectivity index (χ2v) is 6.04. The summed E-state index contributed by atoms with van der Waals surface area (Å²) in [5, 5.41) is 4.78. The normalized spacial score (nSPS) is 17.3. The number of carbonyl (C=O) groups excluding carboxylic acids is 1. The summed E-state index contributed by atoms with van der Waals surface area (Å²) in [5.41, 5.74) is 3.33. The minimum absolute atomic E-state index is 0.00407. The van der Waals surface area contributed by atoms with Crippen molar-refractivity contribution in [3.05, 3.63) is 58.8 Å². The fraction of sp³-hybridized carbons (Fsp3) is 0.250. The Kier molecular flexibility index (Phi) is 3.27. The quantitative estimate of drug-likeness (QED) is 0.689. The molecule has 4 rings (SSSR count). The first kappa shape index (κ1) is 14.1. The summed E-state index contributed by atoms with van der Waals surface area (Å²) in [7, 11) is 0. The smallest absolute Gasteiger partial charge is 0.274 e. The topological polar surface area (TPSA) is 63.4 Å². The highest BCUT2D eigenvalue weighted by Gasteiger charge is 2.29. The molecule has 1 aliphatic heterocycles. The van der Waals surface area contributed by atoms with Crippen molar-refractivity contribution in [2.45, 2.75) is 19.4 Å². The predicted octanol–water partition coefficient (Wildman–Crippen LogP) is 2.54. The molecule has 1 atom stereocenters. The van der Waals surface area contributed by atoms with Gasteiger partial charge in [-0.15, -0.1) is 0 Å². The van der Waals surface area contributed by atoms with Crippen LogP contribution in [0.1, 0.15) is 34.6 Å². The summed E-state index contributed by atoms with van der Waals surface area (Å²) in [4.78, 5) is 23.0. The number of nitrogens with zero attached hydrogens (tertiary/aromatic N) is 5. The van der Waals surface area contributed by atoms with Crippen molar-refractivity contribution in [2.24, 2.45) is 0 Å². The second kappa shape index (κ2) is 5.31. The summed E-state index contributed by atoms with van der Waals surface area (Å²) in [6.45, 7) is 2.68. The fourth-order valence-electron chi connectivity index (χ4n) is 3.04. The number of hydrogen-bond donors (Lipinski definition) is 0. The molecule has 116 valence electrons. The average molecular weight is 328 g/mol. The van der Waals surface area contributed by atoms with Crippen molar-refractivity contribution in [1.82, 2.24) is 24.5 Å². The van der Waals surface area contributed by atoms with E-state index in [2.05, 4.69) is 15.1 Å². The van der Waals surface area contributed by atoms with Gasteiger partial charge in [-0.05, 0) is 30.5 Å². The highest BCUT2D eigenvalue weighted by atomic mass is 35.5. The largest absolute Gasteiger partial charge is 0.330 e. The van der Waals surface area contributed by atoms with E-state index >= 15 is 0 Å². The van der Waals surface area contributed by atoms with E-state index in [1.54, 1.807) is 24.7 Å². The Morgan fingerprint density at radius 2 is 2.26 bits per heavy atom. The first-order valence-corrected chi connectivity index (χ1v) is 7.76. The number of rotatable bonds is 1. The lowest BCUT2D eigenvalue weighted by atomic mass is 9.95. The van der Waals surface area contributed by atoms with Crippen LogP contribution in [-0.2, 0) is 6.42 Å². The lowest BCUT2D eigenvalue weighted by Crippen LogP contribution is -2.39. The summed E-state index contributed by atoms with van der Waals surface area (Å²) >= 11 is 5.91. The van der Waals surface area contributed by atoms with E-state index in [-0.39, 0.29) is 11.9 Å². The van der Waals surface area contributed by atoms with Crippen LogP contribution >= 0.6 is 11.6 Å². The number of halogens is 1. The molecule has 4 heterocycles. The molecule has 0 aliphatic carbocycles. The molecular formula is C16H14ClN5O. The molecule has 7 heteroatoms. The maximum atomic E-state index is 12.8. The molecule has 0 spiro atoms. The third-order valence-electron chi connectivity index (χ3n) is 4.24. The van der Waals surface area contributed by atoms with Crippen LogP contribution in [0.15, 0.2) is 36.9 Å². The lowest BCUT2D eigenvalue weighted by molar-refractivity contribution is 0.0671. The second-order valence-electron chi connectivity index (χ2n) is 5.60. The summed E-state index contributed by atoms with van der Waals surface area (Å²) < 4.78 is 1.53. The van der Waals surface area contributed by atoms with Gasteiger partial charge < -0.3 is 4.90 Å². The number of pyridine rings is 1. The van der Waals surface area contributed by atoms with Crippen LogP contribution in [0.5, 0.6) is 0 Å². The zero-order chi connectivity index (χ0) is 16.0. The van der Waals surface area contributed by atoms with Crippen LogP contribution < -0.4 is 0 Å². The average Bonchev–Trinajstić information content (AvgIpc) is 2.98. The van der Waals surface area contributed by atoms with Gasteiger partial charge in [0, 0.05) is 31.2 Å². The summed E-state index contributed by atoms with van der Waals surface area (Å²) in [5.74, 6) is -0.0958. The van der Waals surface area contributed by atoms with Gasteiger partial charge in [0.15, 0.2) is 11.3 Å². The Hall–Kier alpha value is -2.47.